The molecule has 0 spiro atoms. The molecule has 0 aromatic heterocycles. The fraction of sp³-hybridized carbons (Fsp3) is 0.500. The third kappa shape index (κ3) is 2.90. The minimum Gasteiger partial charge on any atom is -0.392 e. The van der Waals surface area contributed by atoms with Crippen molar-refractivity contribution in [2.24, 2.45) is 0 Å². The van der Waals surface area contributed by atoms with Crippen LogP contribution in [0.25, 0.3) is 0 Å². The van der Waals surface area contributed by atoms with E-state index in [9.17, 15) is 13.5 Å². The van der Waals surface area contributed by atoms with Crippen molar-refractivity contribution in [1.82, 2.24) is 4.31 Å². The molecule has 0 radical (unpaired) electrons. The first-order chi connectivity index (χ1) is 8.91. The number of sulfonamides is 1. The molecule has 1 saturated carbocycles. The highest BCUT2D eigenvalue weighted by atomic mass is 35.5. The van der Waals surface area contributed by atoms with Gasteiger partial charge in [-0.05, 0) is 30.5 Å². The molecular weight excluding hydrogens is 309 g/mol. The Morgan fingerprint density at radius 2 is 1.95 bits per heavy atom. The largest absolute Gasteiger partial charge is 0.392 e. The number of nitrogens with zero attached hydrogens (tertiary/aromatic N) is 1. The molecule has 2 rings (SSSR count). The average molecular weight is 324 g/mol. The van der Waals surface area contributed by atoms with E-state index in [1.54, 1.807) is 6.92 Å². The molecule has 1 N–H and O–H groups in total. The second kappa shape index (κ2) is 5.58. The van der Waals surface area contributed by atoms with Crippen molar-refractivity contribution < 1.29 is 13.5 Å². The van der Waals surface area contributed by atoms with Crippen molar-refractivity contribution in [1.29, 1.82) is 0 Å². The molecule has 0 saturated heterocycles. The highest BCUT2D eigenvalue weighted by Crippen LogP contribution is 2.35. The SMILES string of the molecule is CCN(C1CC1)S(=O)(=O)c1cc(CO)c(Cl)cc1Cl. The first kappa shape index (κ1) is 15.1. The summed E-state index contributed by atoms with van der Waals surface area (Å²) in [6.45, 7) is 1.88. The summed E-state index contributed by atoms with van der Waals surface area (Å²) >= 11 is 11.9. The highest BCUT2D eigenvalue weighted by Gasteiger charge is 2.38. The molecule has 7 heteroatoms. The van der Waals surface area contributed by atoms with Crippen molar-refractivity contribution in [2.75, 3.05) is 6.54 Å². The Labute approximate surface area is 123 Å². The van der Waals surface area contributed by atoms with Crippen molar-refractivity contribution in [3.05, 3.63) is 27.7 Å². The molecule has 1 aliphatic carbocycles. The van der Waals surface area contributed by atoms with E-state index in [4.69, 9.17) is 23.2 Å². The van der Waals surface area contributed by atoms with Gasteiger partial charge in [0.2, 0.25) is 10.0 Å². The molecule has 0 atom stereocenters. The molecular formula is C12H15Cl2NO3S. The number of rotatable bonds is 5. The second-order valence-corrected chi connectivity index (χ2v) is 7.15. The average Bonchev–Trinajstić information content (AvgIpc) is 3.13. The van der Waals surface area contributed by atoms with Crippen LogP contribution < -0.4 is 0 Å². The van der Waals surface area contributed by atoms with Crippen LogP contribution in [0.5, 0.6) is 0 Å². The lowest BCUT2D eigenvalue weighted by Gasteiger charge is -2.21. The second-order valence-electron chi connectivity index (χ2n) is 4.47. The van der Waals surface area contributed by atoms with E-state index in [1.165, 1.54) is 16.4 Å². The summed E-state index contributed by atoms with van der Waals surface area (Å²) in [5.74, 6) is 0. The van der Waals surface area contributed by atoms with Crippen molar-refractivity contribution in [3.8, 4) is 0 Å². The topological polar surface area (TPSA) is 57.6 Å². The first-order valence-corrected chi connectivity index (χ1v) is 8.22. The van der Waals surface area contributed by atoms with Gasteiger partial charge < -0.3 is 5.11 Å². The third-order valence-electron chi connectivity index (χ3n) is 3.12. The molecule has 1 aliphatic rings. The van der Waals surface area contributed by atoms with Crippen LogP contribution in [-0.2, 0) is 16.6 Å². The predicted octanol–water partition coefficient (Wildman–Crippen LogP) is 2.66. The summed E-state index contributed by atoms with van der Waals surface area (Å²) in [5, 5.41) is 9.53. The molecule has 0 aliphatic heterocycles. The van der Waals surface area contributed by atoms with Gasteiger partial charge in [0.05, 0.1) is 11.6 Å². The Morgan fingerprint density at radius 1 is 1.32 bits per heavy atom. The van der Waals surface area contributed by atoms with Gasteiger partial charge >= 0.3 is 0 Å². The van der Waals surface area contributed by atoms with Crippen LogP contribution in [0.2, 0.25) is 10.0 Å². The van der Waals surface area contributed by atoms with Crippen LogP contribution in [0, 0.1) is 0 Å². The first-order valence-electron chi connectivity index (χ1n) is 6.02. The lowest BCUT2D eigenvalue weighted by atomic mass is 10.2. The summed E-state index contributed by atoms with van der Waals surface area (Å²) in [5.41, 5.74) is 0.358. The van der Waals surface area contributed by atoms with E-state index in [0.717, 1.165) is 12.8 Å². The van der Waals surface area contributed by atoms with Crippen LogP contribution in [0.4, 0.5) is 0 Å². The number of benzene rings is 1. The number of aliphatic hydroxyl groups is 1. The van der Waals surface area contributed by atoms with Gasteiger partial charge in [-0.3, -0.25) is 0 Å². The molecule has 1 aromatic rings. The van der Waals surface area contributed by atoms with Crippen LogP contribution in [0.1, 0.15) is 25.3 Å². The maximum Gasteiger partial charge on any atom is 0.244 e. The molecule has 4 nitrogen and oxygen atoms in total. The predicted molar refractivity (Wildman–Crippen MR) is 75.0 cm³/mol. The molecule has 1 aromatic carbocycles. The van der Waals surface area contributed by atoms with Gasteiger partial charge in [0.25, 0.3) is 0 Å². The molecule has 0 bridgehead atoms. The van der Waals surface area contributed by atoms with E-state index in [0.29, 0.717) is 12.1 Å². The van der Waals surface area contributed by atoms with Crippen molar-refractivity contribution in [3.63, 3.8) is 0 Å². The summed E-state index contributed by atoms with van der Waals surface area (Å²) in [6, 6.07) is 2.78. The Hall–Kier alpha value is -0.330. The molecule has 1 fully saturated rings. The zero-order valence-electron chi connectivity index (χ0n) is 10.4. The van der Waals surface area contributed by atoms with Gasteiger partial charge in [0.15, 0.2) is 0 Å². The van der Waals surface area contributed by atoms with E-state index in [2.05, 4.69) is 0 Å². The Balaban J connectivity index is 2.50. The Morgan fingerprint density at radius 3 is 2.42 bits per heavy atom. The molecule has 0 amide bonds. The van der Waals surface area contributed by atoms with Gasteiger partial charge in [-0.15, -0.1) is 0 Å². The Bertz CT molecular complexity index is 585. The lowest BCUT2D eigenvalue weighted by Crippen LogP contribution is -2.33. The van der Waals surface area contributed by atoms with Crippen LogP contribution in [0.3, 0.4) is 0 Å². The molecule has 106 valence electrons. The summed E-state index contributed by atoms with van der Waals surface area (Å²) in [4.78, 5) is 0.0105. The number of hydrogen-bond acceptors (Lipinski definition) is 3. The van der Waals surface area contributed by atoms with Crippen molar-refractivity contribution in [2.45, 2.75) is 37.3 Å². The minimum atomic E-state index is -3.64. The fourth-order valence-corrected chi connectivity index (χ4v) is 4.53. The minimum absolute atomic E-state index is 0.0105. The standard InChI is InChI=1S/C12H15Cl2NO3S/c1-2-15(9-3-4-9)19(17,18)12-5-8(7-16)10(13)6-11(12)14/h5-6,9,16H,2-4,7H2,1H3. The summed E-state index contributed by atoms with van der Waals surface area (Å²) in [6.07, 6.45) is 1.76. The molecule has 0 unspecified atom stereocenters. The number of halogens is 2. The van der Waals surface area contributed by atoms with Gasteiger partial charge in [0, 0.05) is 17.6 Å². The maximum atomic E-state index is 12.6. The molecule has 19 heavy (non-hydrogen) atoms. The Kier molecular flexibility index (Phi) is 4.42. The van der Waals surface area contributed by atoms with E-state index < -0.39 is 10.0 Å². The van der Waals surface area contributed by atoms with Gasteiger partial charge in [-0.1, -0.05) is 30.1 Å². The van der Waals surface area contributed by atoms with Crippen LogP contribution >= 0.6 is 23.2 Å². The summed E-state index contributed by atoms with van der Waals surface area (Å²) in [7, 11) is -3.64. The van der Waals surface area contributed by atoms with E-state index in [-0.39, 0.29) is 27.6 Å². The maximum absolute atomic E-state index is 12.6. The zero-order chi connectivity index (χ0) is 14.2. The quantitative estimate of drug-likeness (QED) is 0.906. The normalized spacial score (nSPS) is 16.1. The molecule has 0 heterocycles. The van der Waals surface area contributed by atoms with E-state index >= 15 is 0 Å². The van der Waals surface area contributed by atoms with Crippen LogP contribution in [0.15, 0.2) is 17.0 Å². The summed E-state index contributed by atoms with van der Waals surface area (Å²) < 4.78 is 26.6. The smallest absolute Gasteiger partial charge is 0.244 e. The van der Waals surface area contributed by atoms with Crippen molar-refractivity contribution >= 4 is 33.2 Å². The highest BCUT2D eigenvalue weighted by molar-refractivity contribution is 7.89. The van der Waals surface area contributed by atoms with Gasteiger partial charge in [-0.25, -0.2) is 8.42 Å². The van der Waals surface area contributed by atoms with Gasteiger partial charge in [0.1, 0.15) is 4.90 Å². The van der Waals surface area contributed by atoms with Crippen LogP contribution in [-0.4, -0.2) is 30.4 Å². The van der Waals surface area contributed by atoms with E-state index in [1.807, 2.05) is 0 Å². The fourth-order valence-electron chi connectivity index (χ4n) is 2.00. The number of aliphatic hydroxyl groups excluding tert-OH is 1. The zero-order valence-corrected chi connectivity index (χ0v) is 12.8. The lowest BCUT2D eigenvalue weighted by molar-refractivity contribution is 0.281. The number of hydrogen-bond donors (Lipinski definition) is 1. The monoisotopic (exact) mass is 323 g/mol. The third-order valence-corrected chi connectivity index (χ3v) is 5.97. The van der Waals surface area contributed by atoms with Gasteiger partial charge in [-0.2, -0.15) is 4.31 Å².